The maximum atomic E-state index is 9.36. The van der Waals surface area contributed by atoms with Crippen molar-refractivity contribution in [1.29, 1.82) is 0 Å². The standard InChI is InChI=1S/C17H18O2/c1-4-19-16-11-7-14(8-12-16)17(2,3)13-5-9-15(18)10-6-13/h4-12,18H,1H2,2-3H3. The number of ether oxygens (including phenoxy) is 1. The lowest BCUT2D eigenvalue weighted by molar-refractivity contribution is 0.474. The van der Waals surface area contributed by atoms with Crippen LogP contribution < -0.4 is 4.74 Å². The monoisotopic (exact) mass is 254 g/mol. The van der Waals surface area contributed by atoms with Crippen LogP contribution in [0.4, 0.5) is 0 Å². The third kappa shape index (κ3) is 2.79. The molecule has 0 aliphatic heterocycles. The van der Waals surface area contributed by atoms with E-state index in [4.69, 9.17) is 4.74 Å². The summed E-state index contributed by atoms with van der Waals surface area (Å²) in [5.74, 6) is 1.06. The maximum absolute atomic E-state index is 9.36. The molecule has 0 aromatic heterocycles. The zero-order valence-corrected chi connectivity index (χ0v) is 11.3. The predicted octanol–water partition coefficient (Wildman–Crippen LogP) is 4.24. The van der Waals surface area contributed by atoms with Gasteiger partial charge in [0.25, 0.3) is 0 Å². The van der Waals surface area contributed by atoms with E-state index in [9.17, 15) is 5.11 Å². The minimum absolute atomic E-state index is 0.125. The van der Waals surface area contributed by atoms with Crippen LogP contribution in [0.5, 0.6) is 11.5 Å². The first kappa shape index (κ1) is 13.2. The molecule has 0 aliphatic rings. The zero-order valence-electron chi connectivity index (χ0n) is 11.3. The van der Waals surface area contributed by atoms with Crippen molar-refractivity contribution in [2.75, 3.05) is 0 Å². The van der Waals surface area contributed by atoms with Crippen molar-refractivity contribution >= 4 is 0 Å². The molecule has 0 unspecified atom stereocenters. The molecule has 1 N–H and O–H groups in total. The Morgan fingerprint density at radius 2 is 1.42 bits per heavy atom. The molecular formula is C17H18O2. The quantitative estimate of drug-likeness (QED) is 0.827. The Morgan fingerprint density at radius 3 is 1.89 bits per heavy atom. The highest BCUT2D eigenvalue weighted by Crippen LogP contribution is 2.33. The molecule has 2 aromatic carbocycles. The first-order chi connectivity index (χ1) is 9.04. The summed E-state index contributed by atoms with van der Waals surface area (Å²) in [6, 6.07) is 15.3. The molecule has 2 nitrogen and oxygen atoms in total. The van der Waals surface area contributed by atoms with Crippen molar-refractivity contribution in [1.82, 2.24) is 0 Å². The van der Waals surface area contributed by atoms with Gasteiger partial charge in [0, 0.05) is 5.41 Å². The smallest absolute Gasteiger partial charge is 0.126 e. The van der Waals surface area contributed by atoms with E-state index in [1.807, 2.05) is 36.4 Å². The summed E-state index contributed by atoms with van der Waals surface area (Å²) in [7, 11) is 0. The van der Waals surface area contributed by atoms with Gasteiger partial charge < -0.3 is 9.84 Å². The summed E-state index contributed by atoms with van der Waals surface area (Å²) in [4.78, 5) is 0. The van der Waals surface area contributed by atoms with Gasteiger partial charge in [-0.1, -0.05) is 44.7 Å². The average Bonchev–Trinajstić information content (AvgIpc) is 2.40. The molecule has 0 heterocycles. The second-order valence-corrected chi connectivity index (χ2v) is 4.98. The fourth-order valence-corrected chi connectivity index (χ4v) is 2.09. The summed E-state index contributed by atoms with van der Waals surface area (Å²) in [5.41, 5.74) is 2.22. The fraction of sp³-hybridized carbons (Fsp3) is 0.176. The van der Waals surface area contributed by atoms with Gasteiger partial charge >= 0.3 is 0 Å². The van der Waals surface area contributed by atoms with Crippen LogP contribution in [0, 0.1) is 0 Å². The third-order valence-corrected chi connectivity index (χ3v) is 3.38. The van der Waals surface area contributed by atoms with Gasteiger partial charge in [-0.2, -0.15) is 0 Å². The molecule has 0 aliphatic carbocycles. The van der Waals surface area contributed by atoms with Gasteiger partial charge in [0.2, 0.25) is 0 Å². The minimum atomic E-state index is -0.125. The van der Waals surface area contributed by atoms with Crippen LogP contribution in [0.15, 0.2) is 61.4 Å². The van der Waals surface area contributed by atoms with Crippen molar-refractivity contribution in [3.8, 4) is 11.5 Å². The highest BCUT2D eigenvalue weighted by atomic mass is 16.5. The second-order valence-electron chi connectivity index (χ2n) is 4.98. The molecule has 0 radical (unpaired) electrons. The fourth-order valence-electron chi connectivity index (χ4n) is 2.09. The number of phenolic OH excluding ortho intramolecular Hbond substituents is 1. The molecule has 2 rings (SSSR count). The molecular weight excluding hydrogens is 236 g/mol. The van der Waals surface area contributed by atoms with E-state index in [0.29, 0.717) is 0 Å². The van der Waals surface area contributed by atoms with Gasteiger partial charge in [0.05, 0.1) is 6.26 Å². The van der Waals surface area contributed by atoms with E-state index in [1.54, 1.807) is 12.1 Å². The van der Waals surface area contributed by atoms with Crippen LogP contribution in [0.2, 0.25) is 0 Å². The Bertz CT molecular complexity index is 551. The number of hydrogen-bond acceptors (Lipinski definition) is 2. The highest BCUT2D eigenvalue weighted by Gasteiger charge is 2.22. The Morgan fingerprint density at radius 1 is 0.947 bits per heavy atom. The summed E-state index contributed by atoms with van der Waals surface area (Å²) in [6.45, 7) is 7.85. The summed E-state index contributed by atoms with van der Waals surface area (Å²) in [5, 5.41) is 9.36. The van der Waals surface area contributed by atoms with E-state index < -0.39 is 0 Å². The van der Waals surface area contributed by atoms with Crippen LogP contribution in [0.1, 0.15) is 25.0 Å². The van der Waals surface area contributed by atoms with E-state index in [0.717, 1.165) is 11.3 Å². The van der Waals surface area contributed by atoms with Gasteiger partial charge in [0.1, 0.15) is 11.5 Å². The minimum Gasteiger partial charge on any atom is -0.508 e. The normalized spacial score (nSPS) is 11.1. The zero-order chi connectivity index (χ0) is 13.9. The van der Waals surface area contributed by atoms with E-state index in [2.05, 4.69) is 20.4 Å². The molecule has 2 aromatic rings. The number of hydrogen-bond donors (Lipinski definition) is 1. The van der Waals surface area contributed by atoms with Gasteiger partial charge in [-0.15, -0.1) is 0 Å². The third-order valence-electron chi connectivity index (χ3n) is 3.38. The number of benzene rings is 2. The lowest BCUT2D eigenvalue weighted by atomic mass is 9.78. The van der Waals surface area contributed by atoms with Crippen LogP contribution >= 0.6 is 0 Å². The topological polar surface area (TPSA) is 29.5 Å². The lowest BCUT2D eigenvalue weighted by Gasteiger charge is -2.26. The van der Waals surface area contributed by atoms with Crippen LogP contribution in [0.3, 0.4) is 0 Å². The number of aromatic hydroxyl groups is 1. The van der Waals surface area contributed by atoms with Crippen molar-refractivity contribution in [2.24, 2.45) is 0 Å². The summed E-state index contributed by atoms with van der Waals surface area (Å²) in [6.07, 6.45) is 1.42. The Labute approximate surface area is 114 Å². The second kappa shape index (κ2) is 5.19. The van der Waals surface area contributed by atoms with E-state index >= 15 is 0 Å². The molecule has 0 saturated heterocycles. The largest absolute Gasteiger partial charge is 0.508 e. The molecule has 0 saturated carbocycles. The van der Waals surface area contributed by atoms with E-state index in [-0.39, 0.29) is 11.2 Å². The van der Waals surface area contributed by atoms with Crippen LogP contribution in [-0.4, -0.2) is 5.11 Å². The van der Waals surface area contributed by atoms with E-state index in [1.165, 1.54) is 11.8 Å². The van der Waals surface area contributed by atoms with Crippen molar-refractivity contribution in [3.63, 3.8) is 0 Å². The molecule has 19 heavy (non-hydrogen) atoms. The van der Waals surface area contributed by atoms with Gasteiger partial charge in [0.15, 0.2) is 0 Å². The SMILES string of the molecule is C=COc1ccc(C(C)(C)c2ccc(O)cc2)cc1. The molecule has 0 fully saturated rings. The molecule has 2 heteroatoms. The summed E-state index contributed by atoms with van der Waals surface area (Å²) >= 11 is 0. The Hall–Kier alpha value is -2.22. The molecule has 0 bridgehead atoms. The van der Waals surface area contributed by atoms with Crippen molar-refractivity contribution in [2.45, 2.75) is 19.3 Å². The predicted molar refractivity (Wildman–Crippen MR) is 77.5 cm³/mol. The Balaban J connectivity index is 2.32. The summed E-state index contributed by atoms with van der Waals surface area (Å²) < 4.78 is 5.23. The average molecular weight is 254 g/mol. The Kier molecular flexibility index (Phi) is 3.61. The molecule has 98 valence electrons. The first-order valence-corrected chi connectivity index (χ1v) is 6.21. The van der Waals surface area contributed by atoms with Crippen LogP contribution in [0.25, 0.3) is 0 Å². The van der Waals surface area contributed by atoms with Gasteiger partial charge in [-0.05, 0) is 35.4 Å². The molecule has 0 amide bonds. The van der Waals surface area contributed by atoms with Crippen molar-refractivity contribution in [3.05, 3.63) is 72.5 Å². The van der Waals surface area contributed by atoms with Gasteiger partial charge in [-0.25, -0.2) is 0 Å². The van der Waals surface area contributed by atoms with Gasteiger partial charge in [-0.3, -0.25) is 0 Å². The number of phenols is 1. The van der Waals surface area contributed by atoms with Crippen LogP contribution in [-0.2, 0) is 5.41 Å². The molecule has 0 atom stereocenters. The maximum Gasteiger partial charge on any atom is 0.126 e. The number of rotatable bonds is 4. The van der Waals surface area contributed by atoms with Crippen molar-refractivity contribution < 1.29 is 9.84 Å². The lowest BCUT2D eigenvalue weighted by Crippen LogP contribution is -2.18. The first-order valence-electron chi connectivity index (χ1n) is 6.21. The molecule has 0 spiro atoms. The highest BCUT2D eigenvalue weighted by molar-refractivity contribution is 5.41.